The summed E-state index contributed by atoms with van der Waals surface area (Å²) in [6.45, 7) is 2.06. The van der Waals surface area contributed by atoms with Crippen molar-refractivity contribution >= 4 is 10.0 Å². The van der Waals surface area contributed by atoms with Crippen molar-refractivity contribution in [3.63, 3.8) is 0 Å². The Morgan fingerprint density at radius 3 is 2.29 bits per heavy atom. The second kappa shape index (κ2) is 4.54. The van der Waals surface area contributed by atoms with Crippen LogP contribution in [-0.4, -0.2) is 13.6 Å². The second-order valence-electron chi connectivity index (χ2n) is 2.99. The number of benzene rings is 1. The van der Waals surface area contributed by atoms with Crippen molar-refractivity contribution in [2.24, 2.45) is 0 Å². The Morgan fingerprint density at radius 1 is 1.29 bits per heavy atom. The molecule has 2 N–H and O–H groups in total. The quantitative estimate of drug-likeness (QED) is 0.744. The van der Waals surface area contributed by atoms with Crippen LogP contribution in [0.5, 0.6) is 0 Å². The van der Waals surface area contributed by atoms with Gasteiger partial charge in [-0.15, -0.1) is 0 Å². The molecule has 0 aliphatic rings. The van der Waals surface area contributed by atoms with Crippen LogP contribution in [0.25, 0.3) is 0 Å². The smallest absolute Gasteiger partial charge is 0.262 e. The van der Waals surface area contributed by atoms with Crippen molar-refractivity contribution in [3.05, 3.63) is 29.8 Å². The number of sulfonamides is 1. The summed E-state index contributed by atoms with van der Waals surface area (Å²) < 4.78 is 22.2. The zero-order valence-electron chi connectivity index (χ0n) is 7.90. The first-order valence-electron chi connectivity index (χ1n) is 4.35. The maximum absolute atomic E-state index is 11.1. The van der Waals surface area contributed by atoms with Gasteiger partial charge in [-0.3, -0.25) is 0 Å². The molecule has 0 bridgehead atoms. The van der Waals surface area contributed by atoms with Crippen molar-refractivity contribution in [2.75, 3.05) is 0 Å². The van der Waals surface area contributed by atoms with Gasteiger partial charge in [0, 0.05) is 0 Å². The fourth-order valence-electron chi connectivity index (χ4n) is 1.18. The molecule has 1 rings (SSSR count). The van der Waals surface area contributed by atoms with Crippen molar-refractivity contribution in [1.82, 2.24) is 4.89 Å². The zero-order valence-corrected chi connectivity index (χ0v) is 8.71. The third kappa shape index (κ3) is 2.54. The van der Waals surface area contributed by atoms with Crippen LogP contribution in [0.1, 0.15) is 18.9 Å². The summed E-state index contributed by atoms with van der Waals surface area (Å²) in [5, 5.41) is 8.38. The lowest BCUT2D eigenvalue weighted by Crippen LogP contribution is -2.19. The van der Waals surface area contributed by atoms with E-state index in [1.165, 1.54) is 17.0 Å². The molecule has 0 aliphatic heterocycles. The van der Waals surface area contributed by atoms with Gasteiger partial charge in [0.25, 0.3) is 10.0 Å². The minimum absolute atomic E-state index is 0.0693. The summed E-state index contributed by atoms with van der Waals surface area (Å²) in [7, 11) is -3.72. The van der Waals surface area contributed by atoms with Crippen LogP contribution in [0.4, 0.5) is 0 Å². The van der Waals surface area contributed by atoms with Gasteiger partial charge in [0.15, 0.2) is 0 Å². The molecule has 0 amide bonds. The Bertz CT molecular complexity index is 383. The van der Waals surface area contributed by atoms with Gasteiger partial charge < -0.3 is 5.21 Å². The molecular weight excluding hydrogens is 202 g/mol. The molecule has 1 aromatic carbocycles. The lowest BCUT2D eigenvalue weighted by atomic mass is 10.1. The van der Waals surface area contributed by atoms with Crippen LogP contribution in [0, 0.1) is 0 Å². The first-order chi connectivity index (χ1) is 6.60. The molecule has 0 atom stereocenters. The summed E-state index contributed by atoms with van der Waals surface area (Å²) in [6, 6.07) is 6.44. The Hall–Kier alpha value is -0.910. The molecule has 0 heterocycles. The molecule has 0 aromatic heterocycles. The van der Waals surface area contributed by atoms with Gasteiger partial charge in [-0.25, -0.2) is 8.42 Å². The minimum Gasteiger partial charge on any atom is -0.302 e. The second-order valence-corrected chi connectivity index (χ2v) is 4.65. The number of rotatable bonds is 4. The van der Waals surface area contributed by atoms with E-state index in [0.717, 1.165) is 18.4 Å². The molecule has 0 saturated heterocycles. The molecule has 0 radical (unpaired) electrons. The number of hydrogen-bond donors (Lipinski definition) is 2. The van der Waals surface area contributed by atoms with Crippen LogP contribution < -0.4 is 4.89 Å². The van der Waals surface area contributed by atoms with E-state index in [1.54, 1.807) is 12.1 Å². The highest BCUT2D eigenvalue weighted by Crippen LogP contribution is 2.10. The first kappa shape index (κ1) is 11.2. The normalized spacial score (nSPS) is 11.6. The lowest BCUT2D eigenvalue weighted by Gasteiger charge is -2.02. The Morgan fingerprint density at radius 2 is 1.86 bits per heavy atom. The van der Waals surface area contributed by atoms with E-state index in [0.29, 0.717) is 0 Å². The SMILES string of the molecule is CCCc1ccc(S(=O)(=O)NO)cc1. The maximum atomic E-state index is 11.1. The fourth-order valence-corrected chi connectivity index (χ4v) is 1.78. The van der Waals surface area contributed by atoms with Gasteiger partial charge in [0.05, 0.1) is 4.90 Å². The van der Waals surface area contributed by atoms with E-state index in [2.05, 4.69) is 6.92 Å². The summed E-state index contributed by atoms with van der Waals surface area (Å²) in [5.74, 6) is 0. The first-order valence-corrected chi connectivity index (χ1v) is 5.83. The van der Waals surface area contributed by atoms with E-state index in [4.69, 9.17) is 5.21 Å². The van der Waals surface area contributed by atoms with Crippen molar-refractivity contribution in [1.29, 1.82) is 0 Å². The monoisotopic (exact) mass is 215 g/mol. The molecule has 78 valence electrons. The van der Waals surface area contributed by atoms with E-state index in [1.807, 2.05) is 0 Å². The zero-order chi connectivity index (χ0) is 10.6. The van der Waals surface area contributed by atoms with Crippen molar-refractivity contribution in [2.45, 2.75) is 24.7 Å². The molecule has 1 aromatic rings. The molecule has 0 saturated carbocycles. The summed E-state index contributed by atoms with van der Waals surface area (Å²) in [4.78, 5) is 1.35. The molecule has 0 unspecified atom stereocenters. The topological polar surface area (TPSA) is 66.4 Å². The number of nitrogens with one attached hydrogen (secondary N) is 1. The number of hydrogen-bond acceptors (Lipinski definition) is 3. The summed E-state index contributed by atoms with van der Waals surface area (Å²) >= 11 is 0. The summed E-state index contributed by atoms with van der Waals surface area (Å²) in [5.41, 5.74) is 1.09. The Balaban J connectivity index is 2.94. The molecule has 5 heteroatoms. The van der Waals surface area contributed by atoms with E-state index in [9.17, 15) is 8.42 Å². The highest BCUT2D eigenvalue weighted by molar-refractivity contribution is 7.89. The molecule has 0 spiro atoms. The molecule has 4 nitrogen and oxygen atoms in total. The average molecular weight is 215 g/mol. The largest absolute Gasteiger partial charge is 0.302 e. The van der Waals surface area contributed by atoms with Crippen LogP contribution in [-0.2, 0) is 16.4 Å². The van der Waals surface area contributed by atoms with Crippen LogP contribution in [0.2, 0.25) is 0 Å². The van der Waals surface area contributed by atoms with Gasteiger partial charge in [-0.2, -0.15) is 0 Å². The Labute approximate surface area is 83.6 Å². The van der Waals surface area contributed by atoms with Crippen molar-refractivity contribution < 1.29 is 13.6 Å². The third-order valence-electron chi connectivity index (χ3n) is 1.89. The maximum Gasteiger partial charge on any atom is 0.262 e. The predicted molar refractivity (Wildman–Crippen MR) is 52.5 cm³/mol. The molecule has 14 heavy (non-hydrogen) atoms. The minimum atomic E-state index is -3.72. The van der Waals surface area contributed by atoms with Gasteiger partial charge in [0.2, 0.25) is 0 Å². The third-order valence-corrected chi connectivity index (χ3v) is 3.03. The van der Waals surface area contributed by atoms with Gasteiger partial charge >= 0.3 is 0 Å². The molecule has 0 aliphatic carbocycles. The van der Waals surface area contributed by atoms with E-state index < -0.39 is 10.0 Å². The average Bonchev–Trinajstić information content (AvgIpc) is 2.19. The van der Waals surface area contributed by atoms with Gasteiger partial charge in [-0.05, 0) is 24.1 Å². The molecular formula is C9H13NO3S. The Kier molecular flexibility index (Phi) is 3.62. The summed E-state index contributed by atoms with van der Waals surface area (Å²) in [6.07, 6.45) is 1.94. The van der Waals surface area contributed by atoms with Crippen LogP contribution >= 0.6 is 0 Å². The number of aryl methyl sites for hydroxylation is 1. The van der Waals surface area contributed by atoms with Gasteiger partial charge in [0.1, 0.15) is 0 Å². The standard InChI is InChI=1S/C9H13NO3S/c1-2-3-8-4-6-9(7-5-8)14(12,13)10-11/h4-7,10-11H,2-3H2,1H3. The highest BCUT2D eigenvalue weighted by atomic mass is 32.2. The predicted octanol–water partition coefficient (Wildman–Crippen LogP) is 1.31. The highest BCUT2D eigenvalue weighted by Gasteiger charge is 2.11. The molecule has 0 fully saturated rings. The van der Waals surface area contributed by atoms with Crippen molar-refractivity contribution in [3.8, 4) is 0 Å². The van der Waals surface area contributed by atoms with E-state index in [-0.39, 0.29) is 4.90 Å². The fraction of sp³-hybridized carbons (Fsp3) is 0.333. The van der Waals surface area contributed by atoms with Gasteiger partial charge in [-0.1, -0.05) is 30.4 Å². The lowest BCUT2D eigenvalue weighted by molar-refractivity contribution is 0.242. The van der Waals surface area contributed by atoms with Crippen LogP contribution in [0.3, 0.4) is 0 Å². The van der Waals surface area contributed by atoms with Crippen LogP contribution in [0.15, 0.2) is 29.2 Å². The van der Waals surface area contributed by atoms with E-state index >= 15 is 0 Å².